The van der Waals surface area contributed by atoms with Crippen LogP contribution in [0.1, 0.15) is 13.3 Å². The lowest BCUT2D eigenvalue weighted by atomic mass is 10.3. The number of alkyl halides is 3. The Morgan fingerprint density at radius 1 is 1.37 bits per heavy atom. The number of aliphatic imine (C=N–C) groups is 1. The van der Waals surface area contributed by atoms with Crippen molar-refractivity contribution in [1.29, 1.82) is 0 Å². The number of ether oxygens (including phenoxy) is 2. The highest BCUT2D eigenvalue weighted by Crippen LogP contribution is 2.20. The molecule has 0 aliphatic carbocycles. The molecule has 27 heavy (non-hydrogen) atoms. The monoisotopic (exact) mass is 388 g/mol. The van der Waals surface area contributed by atoms with Crippen molar-refractivity contribution < 1.29 is 22.6 Å². The minimum atomic E-state index is -4.16. The van der Waals surface area contributed by atoms with Gasteiger partial charge in [0.25, 0.3) is 0 Å². The second-order valence-electron chi connectivity index (χ2n) is 6.54. The molecule has 2 rings (SSSR count). The van der Waals surface area contributed by atoms with Gasteiger partial charge in [-0.25, -0.2) is 0 Å². The Kier molecular flexibility index (Phi) is 7.58. The molecule has 1 aromatic carbocycles. The van der Waals surface area contributed by atoms with Crippen LogP contribution in [0.2, 0.25) is 0 Å². The number of nitrogens with one attached hydrogen (secondary N) is 2. The van der Waals surface area contributed by atoms with Crippen LogP contribution in [-0.2, 0) is 0 Å². The zero-order chi connectivity index (χ0) is 19.9. The Balaban J connectivity index is 1.75. The quantitative estimate of drug-likeness (QED) is 0.554. The lowest BCUT2D eigenvalue weighted by Gasteiger charge is -2.21. The maximum absolute atomic E-state index is 12.5. The Morgan fingerprint density at radius 2 is 2.11 bits per heavy atom. The molecule has 1 heterocycles. The summed E-state index contributed by atoms with van der Waals surface area (Å²) in [6.07, 6.45) is -3.66. The van der Waals surface area contributed by atoms with Gasteiger partial charge in [0.1, 0.15) is 17.6 Å². The average molecular weight is 388 g/mol. The lowest BCUT2D eigenvalue weighted by molar-refractivity contribution is -0.143. The van der Waals surface area contributed by atoms with Gasteiger partial charge in [0.2, 0.25) is 0 Å². The van der Waals surface area contributed by atoms with Crippen LogP contribution in [0.5, 0.6) is 11.5 Å². The third-order valence-corrected chi connectivity index (χ3v) is 4.18. The van der Waals surface area contributed by atoms with Crippen LogP contribution in [0.15, 0.2) is 29.3 Å². The lowest BCUT2D eigenvalue weighted by Crippen LogP contribution is -2.47. The zero-order valence-electron chi connectivity index (χ0n) is 15.8. The fourth-order valence-electron chi connectivity index (χ4n) is 2.92. The minimum absolute atomic E-state index is 0.0619. The van der Waals surface area contributed by atoms with Gasteiger partial charge in [-0.2, -0.15) is 13.2 Å². The number of guanidine groups is 1. The number of hydrogen-bond acceptors (Lipinski definition) is 4. The predicted octanol–water partition coefficient (Wildman–Crippen LogP) is 2.26. The Labute approximate surface area is 157 Å². The van der Waals surface area contributed by atoms with Gasteiger partial charge in [-0.15, -0.1) is 0 Å². The van der Waals surface area contributed by atoms with Crippen molar-refractivity contribution in [2.24, 2.45) is 4.99 Å². The fraction of sp³-hybridized carbons (Fsp3) is 0.611. The second kappa shape index (κ2) is 9.68. The van der Waals surface area contributed by atoms with E-state index in [1.54, 1.807) is 20.2 Å². The molecule has 0 bridgehead atoms. The zero-order valence-corrected chi connectivity index (χ0v) is 15.8. The Hall–Kier alpha value is -2.16. The Bertz CT molecular complexity index is 625. The van der Waals surface area contributed by atoms with Gasteiger partial charge >= 0.3 is 6.18 Å². The fourth-order valence-corrected chi connectivity index (χ4v) is 2.92. The molecule has 1 aliphatic rings. The summed E-state index contributed by atoms with van der Waals surface area (Å²) < 4.78 is 48.4. The van der Waals surface area contributed by atoms with Crippen molar-refractivity contribution in [2.45, 2.75) is 31.7 Å². The number of halogens is 3. The molecule has 1 fully saturated rings. The third-order valence-electron chi connectivity index (χ3n) is 4.18. The van der Waals surface area contributed by atoms with E-state index >= 15 is 0 Å². The number of hydrogen-bond donors (Lipinski definition) is 2. The molecule has 0 amide bonds. The number of benzene rings is 1. The van der Waals surface area contributed by atoms with Gasteiger partial charge < -0.3 is 20.1 Å². The van der Waals surface area contributed by atoms with Crippen molar-refractivity contribution >= 4 is 5.96 Å². The Morgan fingerprint density at radius 3 is 2.78 bits per heavy atom. The summed E-state index contributed by atoms with van der Waals surface area (Å²) in [4.78, 5) is 5.54. The molecule has 0 spiro atoms. The molecule has 0 radical (unpaired) electrons. The van der Waals surface area contributed by atoms with Crippen molar-refractivity contribution in [3.05, 3.63) is 24.3 Å². The predicted molar refractivity (Wildman–Crippen MR) is 98.5 cm³/mol. The number of rotatable bonds is 7. The summed E-state index contributed by atoms with van der Waals surface area (Å²) in [6.45, 7) is 2.30. The average Bonchev–Trinajstić information content (AvgIpc) is 3.03. The minimum Gasteiger partial charge on any atom is -0.497 e. The van der Waals surface area contributed by atoms with E-state index in [9.17, 15) is 13.2 Å². The van der Waals surface area contributed by atoms with Crippen LogP contribution in [0.3, 0.4) is 0 Å². The van der Waals surface area contributed by atoms with Crippen molar-refractivity contribution in [3.8, 4) is 11.5 Å². The number of nitrogens with zero attached hydrogens (tertiary/aromatic N) is 2. The molecule has 2 unspecified atom stereocenters. The highest BCUT2D eigenvalue weighted by molar-refractivity contribution is 5.80. The largest absolute Gasteiger partial charge is 0.497 e. The molecule has 2 atom stereocenters. The standard InChI is InChI=1S/C18H27F3N4O2/c1-13(27-16-6-4-5-15(9-16)26-3)10-23-17(22-2)24-14-7-8-25(11-14)12-18(19,20)21/h4-6,9,13-14H,7-8,10-12H2,1-3H3,(H2,22,23,24). The van der Waals surface area contributed by atoms with Gasteiger partial charge in [-0.1, -0.05) is 6.07 Å². The van der Waals surface area contributed by atoms with Crippen LogP contribution >= 0.6 is 0 Å². The molecule has 6 nitrogen and oxygen atoms in total. The molecule has 1 saturated heterocycles. The van der Waals surface area contributed by atoms with E-state index < -0.39 is 12.7 Å². The molecule has 0 aromatic heterocycles. The van der Waals surface area contributed by atoms with Crippen molar-refractivity contribution in [3.63, 3.8) is 0 Å². The van der Waals surface area contributed by atoms with Crippen LogP contribution in [0, 0.1) is 0 Å². The summed E-state index contributed by atoms with van der Waals surface area (Å²) in [5.41, 5.74) is 0. The first-order chi connectivity index (χ1) is 12.8. The van der Waals surface area contributed by atoms with Gasteiger partial charge in [-0.05, 0) is 25.5 Å². The molecule has 1 aromatic rings. The first-order valence-corrected chi connectivity index (χ1v) is 8.86. The second-order valence-corrected chi connectivity index (χ2v) is 6.54. The van der Waals surface area contributed by atoms with Gasteiger partial charge in [0, 0.05) is 32.2 Å². The molecule has 9 heteroatoms. The van der Waals surface area contributed by atoms with Crippen molar-refractivity contribution in [2.75, 3.05) is 40.3 Å². The van der Waals surface area contributed by atoms with E-state index in [0.717, 1.165) is 5.75 Å². The number of likely N-dealkylation sites (tertiary alicyclic amines) is 1. The van der Waals surface area contributed by atoms with E-state index in [-0.39, 0.29) is 12.1 Å². The maximum Gasteiger partial charge on any atom is 0.401 e. The maximum atomic E-state index is 12.5. The summed E-state index contributed by atoms with van der Waals surface area (Å²) in [6, 6.07) is 7.28. The highest BCUT2D eigenvalue weighted by Gasteiger charge is 2.34. The summed E-state index contributed by atoms with van der Waals surface area (Å²) in [5.74, 6) is 1.97. The highest BCUT2D eigenvalue weighted by atomic mass is 19.4. The number of methoxy groups -OCH3 is 1. The SMILES string of the molecule is CN=C(NCC(C)Oc1cccc(OC)c1)NC1CCN(CC(F)(F)F)C1. The molecule has 2 N–H and O–H groups in total. The first kappa shape index (κ1) is 21.1. The van der Waals surface area contributed by atoms with Crippen LogP contribution in [0.25, 0.3) is 0 Å². The van der Waals surface area contributed by atoms with Crippen molar-refractivity contribution in [1.82, 2.24) is 15.5 Å². The van der Waals surface area contributed by atoms with Crippen LogP contribution < -0.4 is 20.1 Å². The van der Waals surface area contributed by atoms with Gasteiger partial charge in [0.05, 0.1) is 20.2 Å². The molecule has 1 aliphatic heterocycles. The van der Waals surface area contributed by atoms with Gasteiger partial charge in [0.15, 0.2) is 5.96 Å². The molecule has 0 saturated carbocycles. The topological polar surface area (TPSA) is 58.1 Å². The van der Waals surface area contributed by atoms with E-state index in [1.165, 1.54) is 4.90 Å². The molecule has 152 valence electrons. The normalized spacial score (nSPS) is 19.6. The van der Waals surface area contributed by atoms with E-state index in [1.807, 2.05) is 25.1 Å². The summed E-state index contributed by atoms with van der Waals surface area (Å²) in [5, 5.41) is 6.32. The third kappa shape index (κ3) is 7.54. The first-order valence-electron chi connectivity index (χ1n) is 8.86. The van der Waals surface area contributed by atoms with E-state index in [4.69, 9.17) is 9.47 Å². The molecular formula is C18H27F3N4O2. The smallest absolute Gasteiger partial charge is 0.401 e. The van der Waals surface area contributed by atoms with E-state index in [0.29, 0.717) is 37.8 Å². The van der Waals surface area contributed by atoms with Gasteiger partial charge in [-0.3, -0.25) is 9.89 Å². The summed E-state index contributed by atoms with van der Waals surface area (Å²) >= 11 is 0. The van der Waals surface area contributed by atoms with Crippen LogP contribution in [0.4, 0.5) is 13.2 Å². The van der Waals surface area contributed by atoms with Crippen LogP contribution in [-0.4, -0.2) is 69.5 Å². The summed E-state index contributed by atoms with van der Waals surface area (Å²) in [7, 11) is 3.23. The molecular weight excluding hydrogens is 361 g/mol. The van der Waals surface area contributed by atoms with E-state index in [2.05, 4.69) is 15.6 Å².